The van der Waals surface area contributed by atoms with Gasteiger partial charge in [-0.2, -0.15) is 5.10 Å². The van der Waals surface area contributed by atoms with Crippen molar-refractivity contribution in [1.82, 2.24) is 14.9 Å². The van der Waals surface area contributed by atoms with Crippen molar-refractivity contribution in [3.63, 3.8) is 0 Å². The summed E-state index contributed by atoms with van der Waals surface area (Å²) in [5.74, 6) is 0. The van der Waals surface area contributed by atoms with Crippen LogP contribution in [0.15, 0.2) is 17.3 Å². The molecule has 1 aromatic rings. The van der Waals surface area contributed by atoms with E-state index in [2.05, 4.69) is 30.8 Å². The van der Waals surface area contributed by atoms with Crippen molar-refractivity contribution in [3.8, 4) is 0 Å². The molecule has 0 atom stereocenters. The Morgan fingerprint density at radius 3 is 2.71 bits per heavy atom. The van der Waals surface area contributed by atoms with E-state index in [0.29, 0.717) is 6.54 Å². The molecule has 17 heavy (non-hydrogen) atoms. The second kappa shape index (κ2) is 5.07. The molecule has 0 saturated heterocycles. The summed E-state index contributed by atoms with van der Waals surface area (Å²) in [4.78, 5) is 0.195. The molecule has 1 aliphatic rings. The minimum absolute atomic E-state index is 0.0802. The van der Waals surface area contributed by atoms with Gasteiger partial charge in [0.2, 0.25) is 10.0 Å². The van der Waals surface area contributed by atoms with Gasteiger partial charge in [-0.05, 0) is 18.3 Å². The van der Waals surface area contributed by atoms with E-state index in [1.165, 1.54) is 25.2 Å². The fourth-order valence-electron chi connectivity index (χ4n) is 2.20. The molecule has 0 amide bonds. The maximum absolute atomic E-state index is 11.9. The molecule has 5 nitrogen and oxygen atoms in total. The standard InChI is InChI=1S/C10H16BrN3O2S/c11-7-10(3-1-2-4-10)8-14-17(15,16)9-5-12-13-6-9/h5-6,14H,1-4,7-8H2,(H,12,13). The predicted molar refractivity (Wildman–Crippen MR) is 68.5 cm³/mol. The first kappa shape index (κ1) is 13.0. The Kier molecular flexibility index (Phi) is 3.89. The molecule has 0 aromatic carbocycles. The summed E-state index contributed by atoms with van der Waals surface area (Å²) in [7, 11) is -3.42. The third-order valence-electron chi connectivity index (χ3n) is 3.37. The highest BCUT2D eigenvalue weighted by molar-refractivity contribution is 9.09. The summed E-state index contributed by atoms with van der Waals surface area (Å²) in [6, 6.07) is 0. The molecule has 0 aliphatic heterocycles. The van der Waals surface area contributed by atoms with Crippen LogP contribution in [-0.4, -0.2) is 30.5 Å². The number of aromatic nitrogens is 2. The highest BCUT2D eigenvalue weighted by Crippen LogP contribution is 2.39. The molecule has 1 fully saturated rings. The third kappa shape index (κ3) is 2.89. The molecule has 0 radical (unpaired) electrons. The molecule has 96 valence electrons. The fraction of sp³-hybridized carbons (Fsp3) is 0.700. The van der Waals surface area contributed by atoms with Gasteiger partial charge in [0.1, 0.15) is 4.90 Å². The second-order valence-electron chi connectivity index (χ2n) is 4.60. The van der Waals surface area contributed by atoms with Crippen LogP contribution in [0.25, 0.3) is 0 Å². The van der Waals surface area contributed by atoms with Crippen molar-refractivity contribution in [2.24, 2.45) is 5.41 Å². The average molecular weight is 322 g/mol. The minimum atomic E-state index is -3.42. The summed E-state index contributed by atoms with van der Waals surface area (Å²) in [5, 5.41) is 7.00. The zero-order valence-electron chi connectivity index (χ0n) is 9.45. The Labute approximate surface area is 110 Å². The first-order valence-electron chi connectivity index (χ1n) is 5.62. The van der Waals surface area contributed by atoms with Crippen molar-refractivity contribution in [2.75, 3.05) is 11.9 Å². The molecule has 1 saturated carbocycles. The number of sulfonamides is 1. The fourth-order valence-corrected chi connectivity index (χ4v) is 4.02. The van der Waals surface area contributed by atoms with Crippen molar-refractivity contribution >= 4 is 26.0 Å². The van der Waals surface area contributed by atoms with Crippen LogP contribution in [0.1, 0.15) is 25.7 Å². The largest absolute Gasteiger partial charge is 0.284 e. The van der Waals surface area contributed by atoms with Crippen LogP contribution in [0.5, 0.6) is 0 Å². The molecule has 1 heterocycles. The predicted octanol–water partition coefficient (Wildman–Crippen LogP) is 1.64. The first-order valence-corrected chi connectivity index (χ1v) is 8.23. The highest BCUT2D eigenvalue weighted by atomic mass is 79.9. The lowest BCUT2D eigenvalue weighted by Crippen LogP contribution is -2.36. The Morgan fingerprint density at radius 1 is 1.47 bits per heavy atom. The quantitative estimate of drug-likeness (QED) is 0.810. The van der Waals surface area contributed by atoms with Crippen LogP contribution < -0.4 is 4.72 Å². The number of H-pyrrole nitrogens is 1. The molecular formula is C10H16BrN3O2S. The first-order chi connectivity index (χ1) is 8.08. The minimum Gasteiger partial charge on any atom is -0.284 e. The number of halogens is 1. The van der Waals surface area contributed by atoms with E-state index in [1.54, 1.807) is 0 Å². The lowest BCUT2D eigenvalue weighted by atomic mass is 9.89. The molecule has 0 bridgehead atoms. The van der Waals surface area contributed by atoms with E-state index in [9.17, 15) is 8.42 Å². The van der Waals surface area contributed by atoms with E-state index >= 15 is 0 Å². The van der Waals surface area contributed by atoms with E-state index in [-0.39, 0.29) is 10.3 Å². The Bertz CT molecular complexity index is 452. The van der Waals surface area contributed by atoms with Crippen molar-refractivity contribution < 1.29 is 8.42 Å². The number of alkyl halides is 1. The van der Waals surface area contributed by atoms with Crippen LogP contribution >= 0.6 is 15.9 Å². The number of rotatable bonds is 5. The molecule has 1 aromatic heterocycles. The lowest BCUT2D eigenvalue weighted by Gasteiger charge is -2.26. The maximum Gasteiger partial charge on any atom is 0.243 e. The number of hydrogen-bond acceptors (Lipinski definition) is 3. The van der Waals surface area contributed by atoms with Crippen molar-refractivity contribution in [3.05, 3.63) is 12.4 Å². The van der Waals surface area contributed by atoms with E-state index < -0.39 is 10.0 Å². The summed E-state index contributed by atoms with van der Waals surface area (Å²) < 4.78 is 26.5. The van der Waals surface area contributed by atoms with E-state index in [1.807, 2.05) is 0 Å². The van der Waals surface area contributed by atoms with Crippen LogP contribution in [0.3, 0.4) is 0 Å². The monoisotopic (exact) mass is 321 g/mol. The van der Waals surface area contributed by atoms with Gasteiger partial charge >= 0.3 is 0 Å². The SMILES string of the molecule is O=S(=O)(NCC1(CBr)CCCC1)c1cn[nH]c1. The number of nitrogens with one attached hydrogen (secondary N) is 2. The highest BCUT2D eigenvalue weighted by Gasteiger charge is 2.34. The maximum atomic E-state index is 11.9. The third-order valence-corrected chi connectivity index (χ3v) is 5.93. The second-order valence-corrected chi connectivity index (χ2v) is 6.93. The number of aromatic amines is 1. The Hall–Kier alpha value is -0.400. The van der Waals surface area contributed by atoms with Crippen molar-refractivity contribution in [2.45, 2.75) is 30.6 Å². The van der Waals surface area contributed by atoms with Gasteiger partial charge in [0.05, 0.1) is 6.20 Å². The summed E-state index contributed by atoms with van der Waals surface area (Å²) >= 11 is 3.50. The van der Waals surface area contributed by atoms with Gasteiger partial charge in [-0.1, -0.05) is 28.8 Å². The molecule has 0 unspecified atom stereocenters. The summed E-state index contributed by atoms with van der Waals surface area (Å²) in [6.07, 6.45) is 7.21. The van der Waals surface area contributed by atoms with E-state index in [4.69, 9.17) is 0 Å². The van der Waals surface area contributed by atoms with Gasteiger partial charge in [0.15, 0.2) is 0 Å². The Balaban J connectivity index is 2.02. The molecular weight excluding hydrogens is 306 g/mol. The molecule has 7 heteroatoms. The van der Waals surface area contributed by atoms with Gasteiger partial charge < -0.3 is 0 Å². The van der Waals surface area contributed by atoms with Crippen molar-refractivity contribution in [1.29, 1.82) is 0 Å². The Morgan fingerprint density at radius 2 is 2.18 bits per heavy atom. The molecule has 2 N–H and O–H groups in total. The van der Waals surface area contributed by atoms with Gasteiger partial charge in [-0.3, -0.25) is 5.10 Å². The molecule has 1 aliphatic carbocycles. The van der Waals surface area contributed by atoms with Crippen LogP contribution in [0.4, 0.5) is 0 Å². The van der Waals surface area contributed by atoms with Gasteiger partial charge in [0.25, 0.3) is 0 Å². The van der Waals surface area contributed by atoms with Crippen LogP contribution in [0.2, 0.25) is 0 Å². The molecule has 0 spiro atoms. The van der Waals surface area contributed by atoms with Crippen LogP contribution in [-0.2, 0) is 10.0 Å². The number of nitrogens with zero attached hydrogens (tertiary/aromatic N) is 1. The average Bonchev–Trinajstić information content (AvgIpc) is 2.99. The summed E-state index contributed by atoms with van der Waals surface area (Å²) in [6.45, 7) is 0.492. The van der Waals surface area contributed by atoms with Gasteiger partial charge in [-0.25, -0.2) is 13.1 Å². The van der Waals surface area contributed by atoms with E-state index in [0.717, 1.165) is 18.2 Å². The van der Waals surface area contributed by atoms with Gasteiger partial charge in [0, 0.05) is 18.1 Å². The topological polar surface area (TPSA) is 74.8 Å². The molecule has 2 rings (SSSR count). The zero-order valence-corrected chi connectivity index (χ0v) is 11.8. The van der Waals surface area contributed by atoms with Crippen LogP contribution in [0, 0.1) is 5.41 Å². The number of hydrogen-bond donors (Lipinski definition) is 2. The zero-order chi connectivity index (χ0) is 12.4. The van der Waals surface area contributed by atoms with Gasteiger partial charge in [-0.15, -0.1) is 0 Å². The summed E-state index contributed by atoms with van der Waals surface area (Å²) in [5.41, 5.74) is 0.0802. The normalized spacial score (nSPS) is 19.6. The lowest BCUT2D eigenvalue weighted by molar-refractivity contribution is 0.347. The smallest absolute Gasteiger partial charge is 0.243 e.